The summed E-state index contributed by atoms with van der Waals surface area (Å²) in [5, 5.41) is 3.88. The number of fused-ring (bicyclic) bond motifs is 1. The van der Waals surface area contributed by atoms with Crippen LogP contribution in [0.2, 0.25) is 5.02 Å². The van der Waals surface area contributed by atoms with E-state index >= 15 is 0 Å². The third-order valence-electron chi connectivity index (χ3n) is 5.61. The Morgan fingerprint density at radius 2 is 1.81 bits per heavy atom. The van der Waals surface area contributed by atoms with Gasteiger partial charge in [0, 0.05) is 17.0 Å². The van der Waals surface area contributed by atoms with Crippen molar-refractivity contribution in [2.45, 2.75) is 56.6 Å². The quantitative estimate of drug-likeness (QED) is 0.804. The number of carbonyl (C=O) groups is 1. The number of amides is 1. The molecule has 0 bridgehead atoms. The minimum Gasteiger partial charge on any atom is -0.487 e. The average molecular weight is 370 g/mol. The maximum Gasteiger partial charge on any atom is 0.224 e. The van der Waals surface area contributed by atoms with Gasteiger partial charge in [0.1, 0.15) is 11.4 Å². The lowest BCUT2D eigenvalue weighted by atomic mass is 9.77. The van der Waals surface area contributed by atoms with Crippen LogP contribution >= 0.6 is 11.6 Å². The van der Waals surface area contributed by atoms with Crippen LogP contribution in [-0.4, -0.2) is 11.5 Å². The van der Waals surface area contributed by atoms with Crippen LogP contribution in [0.5, 0.6) is 5.75 Å². The van der Waals surface area contributed by atoms with E-state index in [4.69, 9.17) is 16.3 Å². The summed E-state index contributed by atoms with van der Waals surface area (Å²) in [4.78, 5) is 12.7. The smallest absolute Gasteiger partial charge is 0.224 e. The normalized spacial score (nSPS) is 20.9. The highest BCUT2D eigenvalue weighted by atomic mass is 35.5. The predicted molar refractivity (Wildman–Crippen MR) is 104 cm³/mol. The fraction of sp³-hybridized carbons (Fsp3) is 0.409. The number of carbonyl (C=O) groups excluding carboxylic acids is 1. The van der Waals surface area contributed by atoms with Gasteiger partial charge in [0.15, 0.2) is 0 Å². The van der Waals surface area contributed by atoms with Gasteiger partial charge in [0.25, 0.3) is 0 Å². The van der Waals surface area contributed by atoms with Gasteiger partial charge in [-0.1, -0.05) is 54.4 Å². The van der Waals surface area contributed by atoms with Crippen LogP contribution in [0, 0.1) is 0 Å². The monoisotopic (exact) mass is 369 g/mol. The number of ether oxygens (including phenoxy) is 1. The van der Waals surface area contributed by atoms with E-state index in [1.807, 2.05) is 42.5 Å². The summed E-state index contributed by atoms with van der Waals surface area (Å²) >= 11 is 6.21. The maximum atomic E-state index is 12.7. The molecule has 26 heavy (non-hydrogen) atoms. The Balaban J connectivity index is 1.54. The number of nitrogens with one attached hydrogen (secondary N) is 1. The zero-order valence-electron chi connectivity index (χ0n) is 14.8. The molecule has 1 saturated carbocycles. The molecule has 4 heteroatoms. The van der Waals surface area contributed by atoms with E-state index in [0.717, 1.165) is 36.1 Å². The van der Waals surface area contributed by atoms with E-state index < -0.39 is 0 Å². The topological polar surface area (TPSA) is 38.3 Å². The van der Waals surface area contributed by atoms with Crippen molar-refractivity contribution in [1.82, 2.24) is 5.32 Å². The Kier molecular flexibility index (Phi) is 4.90. The standard InChI is InChI=1S/C22H24ClNO2/c23-18-10-4-2-8-16(18)14-21(25)24-19-15-22(12-6-1-7-13-22)26-20-11-5-3-9-17(19)20/h2-5,8-11,19H,1,6-7,12-15H2,(H,24,25)/t19-/m0/s1. The summed E-state index contributed by atoms with van der Waals surface area (Å²) in [6.07, 6.45) is 6.95. The Bertz CT molecular complexity index is 798. The molecular weight excluding hydrogens is 346 g/mol. The molecule has 4 rings (SSSR count). The zero-order valence-corrected chi connectivity index (χ0v) is 15.6. The van der Waals surface area contributed by atoms with Gasteiger partial charge in [-0.25, -0.2) is 0 Å². The van der Waals surface area contributed by atoms with Crippen molar-refractivity contribution in [2.24, 2.45) is 0 Å². The van der Waals surface area contributed by atoms with Gasteiger partial charge < -0.3 is 10.1 Å². The van der Waals surface area contributed by atoms with Gasteiger partial charge in [-0.2, -0.15) is 0 Å². The van der Waals surface area contributed by atoms with Crippen molar-refractivity contribution < 1.29 is 9.53 Å². The van der Waals surface area contributed by atoms with Crippen molar-refractivity contribution in [3.8, 4) is 5.75 Å². The predicted octanol–water partition coefficient (Wildman–Crippen LogP) is 5.23. The highest BCUT2D eigenvalue weighted by Gasteiger charge is 2.42. The van der Waals surface area contributed by atoms with Gasteiger partial charge in [0.2, 0.25) is 5.91 Å². The second kappa shape index (κ2) is 7.32. The highest BCUT2D eigenvalue weighted by Crippen LogP contribution is 2.46. The third-order valence-corrected chi connectivity index (χ3v) is 5.97. The number of hydrogen-bond acceptors (Lipinski definition) is 2. The van der Waals surface area contributed by atoms with Crippen molar-refractivity contribution >= 4 is 17.5 Å². The molecule has 1 aliphatic carbocycles. The second-order valence-electron chi connectivity index (χ2n) is 7.48. The van der Waals surface area contributed by atoms with Crippen molar-refractivity contribution in [3.63, 3.8) is 0 Å². The Morgan fingerprint density at radius 1 is 1.08 bits per heavy atom. The minimum atomic E-state index is -0.130. The lowest BCUT2D eigenvalue weighted by Gasteiger charge is -2.44. The van der Waals surface area contributed by atoms with E-state index in [9.17, 15) is 4.79 Å². The van der Waals surface area contributed by atoms with Crippen molar-refractivity contribution in [3.05, 3.63) is 64.7 Å². The summed E-state index contributed by atoms with van der Waals surface area (Å²) in [6.45, 7) is 0. The molecule has 1 heterocycles. The van der Waals surface area contributed by atoms with E-state index in [1.54, 1.807) is 0 Å². The number of para-hydroxylation sites is 1. The molecule has 0 aromatic heterocycles. The summed E-state index contributed by atoms with van der Waals surface area (Å²) in [7, 11) is 0. The minimum absolute atomic E-state index is 0.00534. The van der Waals surface area contributed by atoms with E-state index in [2.05, 4.69) is 11.4 Å². The lowest BCUT2D eigenvalue weighted by Crippen LogP contribution is -2.46. The molecule has 3 nitrogen and oxygen atoms in total. The summed E-state index contributed by atoms with van der Waals surface area (Å²) < 4.78 is 6.44. The Morgan fingerprint density at radius 3 is 2.62 bits per heavy atom. The zero-order chi connectivity index (χ0) is 18.0. The molecule has 0 saturated heterocycles. The number of benzene rings is 2. The van der Waals surface area contributed by atoms with Crippen LogP contribution in [0.3, 0.4) is 0 Å². The molecule has 1 aliphatic heterocycles. The first-order chi connectivity index (χ1) is 12.7. The van der Waals surface area contributed by atoms with Gasteiger partial charge in [-0.05, 0) is 43.4 Å². The van der Waals surface area contributed by atoms with Gasteiger partial charge in [0.05, 0.1) is 12.5 Å². The molecular formula is C22H24ClNO2. The van der Waals surface area contributed by atoms with E-state index in [1.165, 1.54) is 19.3 Å². The molecule has 1 atom stereocenters. The van der Waals surface area contributed by atoms with Crippen LogP contribution in [0.4, 0.5) is 0 Å². The SMILES string of the molecule is O=C(Cc1ccccc1Cl)N[C@H]1CC2(CCCCC2)Oc2ccccc21. The molecule has 1 N–H and O–H groups in total. The van der Waals surface area contributed by atoms with E-state index in [0.29, 0.717) is 11.4 Å². The second-order valence-corrected chi connectivity index (χ2v) is 7.88. The fourth-order valence-electron chi connectivity index (χ4n) is 4.31. The first kappa shape index (κ1) is 17.4. The summed E-state index contributed by atoms with van der Waals surface area (Å²) in [5.41, 5.74) is 1.81. The molecule has 136 valence electrons. The van der Waals surface area contributed by atoms with Gasteiger partial charge in [-0.3, -0.25) is 4.79 Å². The average Bonchev–Trinajstić information content (AvgIpc) is 2.64. The fourth-order valence-corrected chi connectivity index (χ4v) is 4.51. The molecule has 2 aromatic rings. The molecule has 1 spiro atoms. The summed E-state index contributed by atoms with van der Waals surface area (Å²) in [6, 6.07) is 15.6. The van der Waals surface area contributed by atoms with Crippen molar-refractivity contribution in [2.75, 3.05) is 0 Å². The molecule has 1 amide bonds. The third kappa shape index (κ3) is 3.59. The van der Waals surface area contributed by atoms with Crippen LogP contribution in [0.25, 0.3) is 0 Å². The number of hydrogen-bond donors (Lipinski definition) is 1. The van der Waals surface area contributed by atoms with E-state index in [-0.39, 0.29) is 17.6 Å². The Hall–Kier alpha value is -2.00. The molecule has 2 aromatic carbocycles. The summed E-state index contributed by atoms with van der Waals surface area (Å²) in [5.74, 6) is 0.925. The van der Waals surface area contributed by atoms with Crippen LogP contribution in [-0.2, 0) is 11.2 Å². The number of halogens is 1. The number of rotatable bonds is 3. The first-order valence-corrected chi connectivity index (χ1v) is 9.84. The lowest BCUT2D eigenvalue weighted by molar-refractivity contribution is -0.122. The Labute approximate surface area is 159 Å². The van der Waals surface area contributed by atoms with Crippen LogP contribution in [0.1, 0.15) is 55.7 Å². The molecule has 1 fully saturated rings. The van der Waals surface area contributed by atoms with Crippen molar-refractivity contribution in [1.29, 1.82) is 0 Å². The molecule has 0 unspecified atom stereocenters. The largest absolute Gasteiger partial charge is 0.487 e. The molecule has 2 aliphatic rings. The maximum absolute atomic E-state index is 12.7. The highest BCUT2D eigenvalue weighted by molar-refractivity contribution is 6.31. The van der Waals surface area contributed by atoms with Gasteiger partial charge in [-0.15, -0.1) is 0 Å². The molecule has 0 radical (unpaired) electrons. The van der Waals surface area contributed by atoms with Crippen LogP contribution < -0.4 is 10.1 Å². The van der Waals surface area contributed by atoms with Crippen LogP contribution in [0.15, 0.2) is 48.5 Å². The van der Waals surface area contributed by atoms with Gasteiger partial charge >= 0.3 is 0 Å². The first-order valence-electron chi connectivity index (χ1n) is 9.46.